The third kappa shape index (κ3) is 4.40. The Labute approximate surface area is 181 Å². The van der Waals surface area contributed by atoms with Gasteiger partial charge in [0.2, 0.25) is 0 Å². The summed E-state index contributed by atoms with van der Waals surface area (Å²) in [5.41, 5.74) is 15.1. The van der Waals surface area contributed by atoms with Gasteiger partial charge in [0.05, 0.1) is 36.0 Å². The molecule has 1 aromatic carbocycles. The summed E-state index contributed by atoms with van der Waals surface area (Å²) in [5, 5.41) is 2.88. The summed E-state index contributed by atoms with van der Waals surface area (Å²) in [5.74, 6) is -0.147. The Hall–Kier alpha value is -3.36. The average molecular weight is 419 g/mol. The predicted molar refractivity (Wildman–Crippen MR) is 119 cm³/mol. The number of aromatic nitrogens is 3. The van der Waals surface area contributed by atoms with E-state index >= 15 is 0 Å². The maximum Gasteiger partial charge on any atom is 0.278 e. The Morgan fingerprint density at radius 3 is 2.68 bits per heavy atom. The van der Waals surface area contributed by atoms with Gasteiger partial charge in [0, 0.05) is 23.4 Å². The normalized spacial score (nSPS) is 23.3. The Morgan fingerprint density at radius 1 is 1.16 bits per heavy atom. The lowest BCUT2D eigenvalue weighted by molar-refractivity contribution is -0.0790. The van der Waals surface area contributed by atoms with E-state index in [4.69, 9.17) is 16.2 Å². The summed E-state index contributed by atoms with van der Waals surface area (Å²) >= 11 is 0. The molecule has 0 saturated carbocycles. The number of nitrogens with zero attached hydrogens (tertiary/aromatic N) is 3. The third-order valence-electron chi connectivity index (χ3n) is 5.82. The molecule has 4 atom stereocenters. The van der Waals surface area contributed by atoms with Gasteiger partial charge in [0.15, 0.2) is 11.5 Å². The van der Waals surface area contributed by atoms with Crippen molar-refractivity contribution < 1.29 is 9.53 Å². The molecule has 5 N–H and O–H groups in total. The first-order valence-electron chi connectivity index (χ1n) is 10.3. The molecule has 0 aliphatic carbocycles. The van der Waals surface area contributed by atoms with Crippen LogP contribution in [0.5, 0.6) is 0 Å². The SMILES string of the molecule is C[C@@H]1[C@H](N)C[C@H](c2ccncc2NC(=O)c2nc(-c3ccccc3)cnc2N)O[C@@H]1C. The van der Waals surface area contributed by atoms with Crippen LogP contribution in [0.4, 0.5) is 11.5 Å². The number of nitrogen functional groups attached to an aromatic ring is 1. The van der Waals surface area contributed by atoms with Crippen molar-refractivity contribution >= 4 is 17.4 Å². The van der Waals surface area contributed by atoms with Gasteiger partial charge in [-0.2, -0.15) is 0 Å². The number of hydrogen-bond donors (Lipinski definition) is 3. The number of ether oxygens (including phenoxy) is 1. The molecule has 31 heavy (non-hydrogen) atoms. The van der Waals surface area contributed by atoms with Crippen molar-refractivity contribution in [3.05, 3.63) is 66.2 Å². The fourth-order valence-electron chi connectivity index (χ4n) is 3.73. The molecule has 2 aromatic heterocycles. The standard InChI is InChI=1S/C23H26N6O2/c1-13-14(2)31-20(10-17(13)24)16-8-9-26-11-19(16)29-23(30)21-22(25)27-12-18(28-21)15-6-4-3-5-7-15/h3-9,11-14,17,20H,10,24H2,1-2H3,(H2,25,27)(H,29,30)/t13-,14+,17+,20+/m0/s1. The molecule has 4 rings (SSSR count). The highest BCUT2D eigenvalue weighted by Gasteiger charge is 2.33. The number of carbonyl (C=O) groups is 1. The van der Waals surface area contributed by atoms with Gasteiger partial charge in [-0.25, -0.2) is 9.97 Å². The summed E-state index contributed by atoms with van der Waals surface area (Å²) < 4.78 is 6.17. The quantitative estimate of drug-likeness (QED) is 0.593. The maximum atomic E-state index is 13.0. The molecule has 0 radical (unpaired) electrons. The highest BCUT2D eigenvalue weighted by atomic mass is 16.5. The minimum atomic E-state index is -0.460. The molecule has 1 aliphatic rings. The van der Waals surface area contributed by atoms with Gasteiger partial charge >= 0.3 is 0 Å². The molecule has 1 saturated heterocycles. The number of anilines is 2. The number of rotatable bonds is 4. The van der Waals surface area contributed by atoms with Crippen LogP contribution >= 0.6 is 0 Å². The van der Waals surface area contributed by atoms with Crippen molar-refractivity contribution in [3.63, 3.8) is 0 Å². The van der Waals surface area contributed by atoms with E-state index in [9.17, 15) is 4.79 Å². The van der Waals surface area contributed by atoms with E-state index in [2.05, 4.69) is 27.2 Å². The number of benzene rings is 1. The van der Waals surface area contributed by atoms with Gasteiger partial charge in [-0.15, -0.1) is 0 Å². The first kappa shape index (κ1) is 20.9. The first-order valence-corrected chi connectivity index (χ1v) is 10.3. The van der Waals surface area contributed by atoms with Crippen molar-refractivity contribution in [2.24, 2.45) is 11.7 Å². The number of hydrogen-bond acceptors (Lipinski definition) is 7. The maximum absolute atomic E-state index is 13.0. The molecule has 3 heterocycles. The molecule has 8 heteroatoms. The molecule has 160 valence electrons. The van der Waals surface area contributed by atoms with E-state index in [1.54, 1.807) is 18.6 Å². The van der Waals surface area contributed by atoms with E-state index < -0.39 is 5.91 Å². The highest BCUT2D eigenvalue weighted by Crippen LogP contribution is 2.36. The molecule has 0 unspecified atom stereocenters. The molecule has 1 amide bonds. The van der Waals surface area contributed by atoms with Gasteiger partial charge in [-0.05, 0) is 25.3 Å². The van der Waals surface area contributed by atoms with E-state index in [1.807, 2.05) is 43.3 Å². The number of amides is 1. The van der Waals surface area contributed by atoms with E-state index in [-0.39, 0.29) is 35.7 Å². The molecular weight excluding hydrogens is 392 g/mol. The molecule has 0 bridgehead atoms. The minimum absolute atomic E-state index is 0.00883. The Kier molecular flexibility index (Phi) is 5.92. The second-order valence-electron chi connectivity index (χ2n) is 7.86. The highest BCUT2D eigenvalue weighted by molar-refractivity contribution is 6.06. The van der Waals surface area contributed by atoms with Gasteiger partial charge in [0.1, 0.15) is 0 Å². The van der Waals surface area contributed by atoms with Gasteiger partial charge in [-0.3, -0.25) is 9.78 Å². The van der Waals surface area contributed by atoms with Crippen LogP contribution in [0, 0.1) is 5.92 Å². The lowest BCUT2D eigenvalue weighted by Crippen LogP contribution is -2.43. The number of nitrogens with two attached hydrogens (primary N) is 2. The third-order valence-corrected chi connectivity index (χ3v) is 5.82. The number of pyridine rings is 1. The average Bonchev–Trinajstić information content (AvgIpc) is 2.78. The molecule has 0 spiro atoms. The van der Waals surface area contributed by atoms with Gasteiger partial charge in [0.25, 0.3) is 5.91 Å². The number of nitrogens with one attached hydrogen (secondary N) is 1. The summed E-state index contributed by atoms with van der Waals surface area (Å²) in [6, 6.07) is 11.3. The fraction of sp³-hybridized carbons (Fsp3) is 0.304. The van der Waals surface area contributed by atoms with Crippen LogP contribution in [0.1, 0.15) is 42.4 Å². The largest absolute Gasteiger partial charge is 0.382 e. The Bertz CT molecular complexity index is 1060. The molecule has 8 nitrogen and oxygen atoms in total. The molecule has 3 aromatic rings. The monoisotopic (exact) mass is 418 g/mol. The summed E-state index contributed by atoms with van der Waals surface area (Å²) in [6.07, 6.45) is 5.25. The topological polar surface area (TPSA) is 129 Å². The van der Waals surface area contributed by atoms with Crippen molar-refractivity contribution in [2.75, 3.05) is 11.1 Å². The van der Waals surface area contributed by atoms with Crippen molar-refractivity contribution in [3.8, 4) is 11.3 Å². The Morgan fingerprint density at radius 2 is 1.94 bits per heavy atom. The van der Waals surface area contributed by atoms with Crippen molar-refractivity contribution in [1.29, 1.82) is 0 Å². The van der Waals surface area contributed by atoms with Crippen LogP contribution in [0.3, 0.4) is 0 Å². The first-order chi connectivity index (χ1) is 14.9. The van der Waals surface area contributed by atoms with Crippen LogP contribution < -0.4 is 16.8 Å². The molecule has 1 aliphatic heterocycles. The lowest BCUT2D eigenvalue weighted by atomic mass is 9.87. The number of carbonyl (C=O) groups excluding carboxylic acids is 1. The van der Waals surface area contributed by atoms with Crippen LogP contribution in [0.25, 0.3) is 11.3 Å². The minimum Gasteiger partial charge on any atom is -0.382 e. The second kappa shape index (κ2) is 8.79. The van der Waals surface area contributed by atoms with Gasteiger partial charge < -0.3 is 21.5 Å². The zero-order valence-corrected chi connectivity index (χ0v) is 17.5. The zero-order valence-electron chi connectivity index (χ0n) is 17.5. The molecule has 1 fully saturated rings. The van der Waals surface area contributed by atoms with E-state index in [1.165, 1.54) is 0 Å². The van der Waals surface area contributed by atoms with Crippen LogP contribution in [-0.4, -0.2) is 33.0 Å². The summed E-state index contributed by atoms with van der Waals surface area (Å²) in [4.78, 5) is 25.8. The second-order valence-corrected chi connectivity index (χ2v) is 7.86. The fourth-order valence-corrected chi connectivity index (χ4v) is 3.73. The van der Waals surface area contributed by atoms with Crippen molar-refractivity contribution in [1.82, 2.24) is 15.0 Å². The molecular formula is C23H26N6O2. The van der Waals surface area contributed by atoms with Crippen LogP contribution in [-0.2, 0) is 4.74 Å². The van der Waals surface area contributed by atoms with Crippen LogP contribution in [0.2, 0.25) is 0 Å². The smallest absolute Gasteiger partial charge is 0.278 e. The lowest BCUT2D eigenvalue weighted by Gasteiger charge is -2.38. The summed E-state index contributed by atoms with van der Waals surface area (Å²) in [6.45, 7) is 4.10. The van der Waals surface area contributed by atoms with E-state index in [0.29, 0.717) is 17.8 Å². The van der Waals surface area contributed by atoms with E-state index in [0.717, 1.165) is 11.1 Å². The van der Waals surface area contributed by atoms with Gasteiger partial charge in [-0.1, -0.05) is 37.3 Å². The Balaban J connectivity index is 1.60. The summed E-state index contributed by atoms with van der Waals surface area (Å²) in [7, 11) is 0. The zero-order chi connectivity index (χ0) is 22.0. The predicted octanol–water partition coefficient (Wildman–Crippen LogP) is 3.19. The van der Waals surface area contributed by atoms with Crippen molar-refractivity contribution in [2.45, 2.75) is 38.5 Å². The van der Waals surface area contributed by atoms with Crippen LogP contribution in [0.15, 0.2) is 55.0 Å².